The van der Waals surface area contributed by atoms with Gasteiger partial charge in [-0.2, -0.15) is 5.10 Å². The summed E-state index contributed by atoms with van der Waals surface area (Å²) in [7, 11) is 0. The minimum Gasteiger partial charge on any atom is -0.351 e. The minimum atomic E-state index is 0.131. The number of benzene rings is 1. The first-order valence-corrected chi connectivity index (χ1v) is 9.15. The van der Waals surface area contributed by atoms with Crippen molar-refractivity contribution in [1.29, 1.82) is 0 Å². The zero-order valence-corrected chi connectivity index (χ0v) is 14.5. The lowest BCUT2D eigenvalue weighted by molar-refractivity contribution is -0.123. The van der Waals surface area contributed by atoms with E-state index in [2.05, 4.69) is 46.4 Å². The summed E-state index contributed by atoms with van der Waals surface area (Å²) in [5, 5.41) is 11.9. The molecule has 0 aliphatic carbocycles. The number of rotatable bonds is 4. The molecule has 3 saturated heterocycles. The number of nitrogens with zero attached hydrogens (tertiary/aromatic N) is 2. The molecule has 128 valence electrons. The van der Waals surface area contributed by atoms with Crippen molar-refractivity contribution in [2.75, 3.05) is 13.1 Å². The number of aryl methyl sites for hydroxylation is 1. The Morgan fingerprint density at radius 3 is 2.88 bits per heavy atom. The van der Waals surface area contributed by atoms with E-state index < -0.39 is 0 Å². The Hall–Kier alpha value is -1.88. The molecule has 1 amide bonds. The number of aromatic nitrogens is 2. The van der Waals surface area contributed by atoms with Crippen LogP contribution in [-0.4, -0.2) is 46.2 Å². The second-order valence-corrected chi connectivity index (χ2v) is 7.29. The number of carbonyl (C=O) groups excluding carboxylic acids is 1. The van der Waals surface area contributed by atoms with E-state index in [0.717, 1.165) is 28.6 Å². The number of fused-ring (bicyclic) bond motifs is 4. The highest BCUT2D eigenvalue weighted by Gasteiger charge is 2.40. The molecule has 0 saturated carbocycles. The van der Waals surface area contributed by atoms with Gasteiger partial charge in [0.05, 0.1) is 11.9 Å². The maximum absolute atomic E-state index is 12.5. The molecule has 4 heterocycles. The van der Waals surface area contributed by atoms with Crippen molar-refractivity contribution >= 4 is 16.8 Å². The molecule has 24 heavy (non-hydrogen) atoms. The standard InChI is InChI=1S/C19H26N4O/c1-3-16-15-5-4-13(10-17(15)22-21-16)11-18(24)20-19-12(2)23-8-6-14(19)7-9-23/h4-5,10,12,14,19H,3,6-9,11H2,1-2H3,(H,20,24)(H,21,22)/t12-,19+/m1/s1. The van der Waals surface area contributed by atoms with Gasteiger partial charge in [0.2, 0.25) is 5.91 Å². The molecule has 3 fully saturated rings. The van der Waals surface area contributed by atoms with Crippen molar-refractivity contribution in [3.8, 4) is 0 Å². The van der Waals surface area contributed by atoms with Gasteiger partial charge in [-0.25, -0.2) is 0 Å². The Labute approximate surface area is 142 Å². The third kappa shape index (κ3) is 2.71. The lowest BCUT2D eigenvalue weighted by atomic mass is 9.79. The van der Waals surface area contributed by atoms with Gasteiger partial charge in [-0.1, -0.05) is 19.1 Å². The van der Waals surface area contributed by atoms with Gasteiger partial charge in [-0.3, -0.25) is 14.8 Å². The smallest absolute Gasteiger partial charge is 0.224 e. The van der Waals surface area contributed by atoms with Gasteiger partial charge < -0.3 is 5.32 Å². The quantitative estimate of drug-likeness (QED) is 0.906. The van der Waals surface area contributed by atoms with E-state index in [1.165, 1.54) is 25.9 Å². The fourth-order valence-electron chi connectivity index (χ4n) is 4.46. The van der Waals surface area contributed by atoms with Gasteiger partial charge >= 0.3 is 0 Å². The Kier molecular flexibility index (Phi) is 4.04. The van der Waals surface area contributed by atoms with Crippen molar-refractivity contribution in [1.82, 2.24) is 20.4 Å². The Balaban J connectivity index is 1.44. The molecule has 0 radical (unpaired) electrons. The summed E-state index contributed by atoms with van der Waals surface area (Å²) in [5.74, 6) is 0.779. The van der Waals surface area contributed by atoms with Crippen molar-refractivity contribution in [2.45, 2.75) is 51.6 Å². The molecule has 1 aromatic carbocycles. The predicted molar refractivity (Wildman–Crippen MR) is 94.9 cm³/mol. The summed E-state index contributed by atoms with van der Waals surface area (Å²) < 4.78 is 0. The maximum atomic E-state index is 12.5. The molecule has 0 spiro atoms. The molecular weight excluding hydrogens is 300 g/mol. The first kappa shape index (κ1) is 15.6. The Morgan fingerprint density at radius 1 is 1.38 bits per heavy atom. The van der Waals surface area contributed by atoms with Gasteiger partial charge in [0.25, 0.3) is 0 Å². The van der Waals surface area contributed by atoms with Gasteiger partial charge in [-0.05, 0) is 56.8 Å². The SMILES string of the molecule is CCc1[nH]nc2cc(CC(=O)N[C@@H]3C4CCN(CC4)[C@@H]3C)ccc12. The summed E-state index contributed by atoms with van der Waals surface area (Å²) in [5.41, 5.74) is 3.14. The minimum absolute atomic E-state index is 0.131. The molecule has 0 unspecified atom stereocenters. The van der Waals surface area contributed by atoms with Crippen molar-refractivity contribution in [3.05, 3.63) is 29.5 Å². The topological polar surface area (TPSA) is 61.0 Å². The number of hydrogen-bond acceptors (Lipinski definition) is 3. The van der Waals surface area contributed by atoms with Crippen LogP contribution in [-0.2, 0) is 17.6 Å². The van der Waals surface area contributed by atoms with Crippen LogP contribution in [0.2, 0.25) is 0 Å². The van der Waals surface area contributed by atoms with Crippen LogP contribution in [0, 0.1) is 5.92 Å². The average molecular weight is 326 g/mol. The third-order valence-electron chi connectivity index (χ3n) is 5.92. The molecule has 1 aromatic heterocycles. The monoisotopic (exact) mass is 326 g/mol. The molecule has 3 aliphatic rings. The number of hydrogen-bond donors (Lipinski definition) is 2. The number of carbonyl (C=O) groups is 1. The van der Waals surface area contributed by atoms with Crippen LogP contribution < -0.4 is 5.32 Å². The maximum Gasteiger partial charge on any atom is 0.224 e. The van der Waals surface area contributed by atoms with E-state index >= 15 is 0 Å². The van der Waals surface area contributed by atoms with E-state index in [1.807, 2.05) is 6.07 Å². The van der Waals surface area contributed by atoms with Crippen molar-refractivity contribution < 1.29 is 4.79 Å². The summed E-state index contributed by atoms with van der Waals surface area (Å²) >= 11 is 0. The average Bonchev–Trinajstić information content (AvgIpc) is 3.00. The number of nitrogens with one attached hydrogen (secondary N) is 2. The van der Waals surface area contributed by atoms with E-state index in [1.54, 1.807) is 0 Å². The molecule has 2 aromatic rings. The van der Waals surface area contributed by atoms with Crippen LogP contribution in [0.15, 0.2) is 18.2 Å². The van der Waals surface area contributed by atoms with Crippen LogP contribution in [0.1, 0.15) is 37.9 Å². The van der Waals surface area contributed by atoms with E-state index in [9.17, 15) is 4.79 Å². The Bertz CT molecular complexity index is 743. The molecule has 2 atom stereocenters. The van der Waals surface area contributed by atoms with Crippen LogP contribution in [0.3, 0.4) is 0 Å². The van der Waals surface area contributed by atoms with Crippen LogP contribution >= 0.6 is 0 Å². The van der Waals surface area contributed by atoms with E-state index in [4.69, 9.17) is 0 Å². The Morgan fingerprint density at radius 2 is 2.17 bits per heavy atom. The zero-order valence-electron chi connectivity index (χ0n) is 14.5. The summed E-state index contributed by atoms with van der Waals surface area (Å²) in [6.07, 6.45) is 3.80. The number of H-pyrrole nitrogens is 1. The highest BCUT2D eigenvalue weighted by atomic mass is 16.1. The third-order valence-corrected chi connectivity index (χ3v) is 5.92. The van der Waals surface area contributed by atoms with Crippen LogP contribution in [0.5, 0.6) is 0 Å². The highest BCUT2D eigenvalue weighted by molar-refractivity contribution is 5.84. The number of amides is 1. The number of piperidine rings is 3. The molecular formula is C19H26N4O. The van der Waals surface area contributed by atoms with Gasteiger partial charge in [0, 0.05) is 23.2 Å². The first-order valence-electron chi connectivity index (χ1n) is 9.15. The molecule has 3 aliphatic heterocycles. The lowest BCUT2D eigenvalue weighted by Crippen LogP contribution is -2.62. The molecule has 5 rings (SSSR count). The molecule has 2 N–H and O–H groups in total. The second kappa shape index (κ2) is 6.20. The van der Waals surface area contributed by atoms with Crippen LogP contribution in [0.4, 0.5) is 0 Å². The highest BCUT2D eigenvalue weighted by Crippen LogP contribution is 2.32. The summed E-state index contributed by atoms with van der Waals surface area (Å²) in [4.78, 5) is 15.0. The normalized spacial score (nSPS) is 29.1. The van der Waals surface area contributed by atoms with Gasteiger partial charge in [-0.15, -0.1) is 0 Å². The summed E-state index contributed by atoms with van der Waals surface area (Å²) in [6.45, 7) is 6.74. The second-order valence-electron chi connectivity index (χ2n) is 7.29. The number of aromatic amines is 1. The van der Waals surface area contributed by atoms with Gasteiger partial charge in [0.15, 0.2) is 0 Å². The molecule has 5 heteroatoms. The van der Waals surface area contributed by atoms with Gasteiger partial charge in [0.1, 0.15) is 0 Å². The van der Waals surface area contributed by atoms with E-state index in [-0.39, 0.29) is 5.91 Å². The zero-order chi connectivity index (χ0) is 16.7. The fraction of sp³-hybridized carbons (Fsp3) is 0.579. The predicted octanol–water partition coefficient (Wildman–Crippen LogP) is 2.27. The van der Waals surface area contributed by atoms with Crippen molar-refractivity contribution in [3.63, 3.8) is 0 Å². The molecule has 2 bridgehead atoms. The van der Waals surface area contributed by atoms with E-state index in [0.29, 0.717) is 24.4 Å². The summed E-state index contributed by atoms with van der Waals surface area (Å²) in [6, 6.07) is 6.93. The van der Waals surface area contributed by atoms with Crippen molar-refractivity contribution in [2.24, 2.45) is 5.92 Å². The fourth-order valence-corrected chi connectivity index (χ4v) is 4.46. The molecule has 5 nitrogen and oxygen atoms in total. The largest absolute Gasteiger partial charge is 0.351 e. The lowest BCUT2D eigenvalue weighted by Gasteiger charge is -2.50. The first-order chi connectivity index (χ1) is 11.7. The van der Waals surface area contributed by atoms with Crippen LogP contribution in [0.25, 0.3) is 10.9 Å².